The summed E-state index contributed by atoms with van der Waals surface area (Å²) in [4.78, 5) is 15.3. The van der Waals surface area contributed by atoms with Crippen LogP contribution in [0.2, 0.25) is 0 Å². The van der Waals surface area contributed by atoms with Crippen LogP contribution < -0.4 is 10.6 Å². The fourth-order valence-corrected chi connectivity index (χ4v) is 1.60. The SMILES string of the molecule is Cn1ncnc1NC(=O)Nc1ccsc1. The van der Waals surface area contributed by atoms with Crippen LogP contribution >= 0.6 is 11.3 Å². The number of amides is 2. The molecule has 0 spiro atoms. The van der Waals surface area contributed by atoms with E-state index < -0.39 is 0 Å². The lowest BCUT2D eigenvalue weighted by atomic mass is 10.5. The van der Waals surface area contributed by atoms with E-state index in [1.54, 1.807) is 7.05 Å². The van der Waals surface area contributed by atoms with Gasteiger partial charge in [0.2, 0.25) is 5.95 Å². The van der Waals surface area contributed by atoms with Crippen molar-refractivity contribution in [2.24, 2.45) is 7.05 Å². The van der Waals surface area contributed by atoms with Crippen LogP contribution in [-0.2, 0) is 7.05 Å². The Balaban J connectivity index is 1.96. The first-order chi connectivity index (χ1) is 7.25. The van der Waals surface area contributed by atoms with Gasteiger partial charge in [-0.3, -0.25) is 5.32 Å². The number of hydrogen-bond acceptors (Lipinski definition) is 4. The first kappa shape index (κ1) is 9.66. The third kappa shape index (κ3) is 2.32. The third-order valence-electron chi connectivity index (χ3n) is 1.72. The van der Waals surface area contributed by atoms with Crippen LogP contribution in [0.4, 0.5) is 16.4 Å². The Morgan fingerprint density at radius 3 is 3.00 bits per heavy atom. The van der Waals surface area contributed by atoms with Gasteiger partial charge in [0.25, 0.3) is 0 Å². The largest absolute Gasteiger partial charge is 0.326 e. The predicted molar refractivity (Wildman–Crippen MR) is 58.0 cm³/mol. The molecule has 0 aliphatic heterocycles. The summed E-state index contributed by atoms with van der Waals surface area (Å²) in [5.41, 5.74) is 0.764. The number of carbonyl (C=O) groups is 1. The average Bonchev–Trinajstić information content (AvgIpc) is 2.79. The van der Waals surface area contributed by atoms with Crippen molar-refractivity contribution in [1.29, 1.82) is 0 Å². The highest BCUT2D eigenvalue weighted by atomic mass is 32.1. The number of nitrogens with zero attached hydrogens (tertiary/aromatic N) is 3. The first-order valence-electron chi connectivity index (χ1n) is 4.20. The van der Waals surface area contributed by atoms with E-state index in [1.807, 2.05) is 16.8 Å². The van der Waals surface area contributed by atoms with Gasteiger partial charge in [-0.1, -0.05) is 0 Å². The highest BCUT2D eigenvalue weighted by molar-refractivity contribution is 7.08. The highest BCUT2D eigenvalue weighted by Crippen LogP contribution is 2.11. The number of hydrogen-bond donors (Lipinski definition) is 2. The third-order valence-corrected chi connectivity index (χ3v) is 2.40. The number of nitrogens with one attached hydrogen (secondary N) is 2. The van der Waals surface area contributed by atoms with Crippen molar-refractivity contribution in [3.05, 3.63) is 23.2 Å². The summed E-state index contributed by atoms with van der Waals surface area (Å²) in [6.45, 7) is 0. The molecule has 0 saturated carbocycles. The number of aromatic nitrogens is 3. The number of carbonyl (C=O) groups excluding carboxylic acids is 1. The number of thiophene rings is 1. The summed E-state index contributed by atoms with van der Waals surface area (Å²) in [5.74, 6) is 0.405. The van der Waals surface area contributed by atoms with Crippen molar-refractivity contribution < 1.29 is 4.79 Å². The van der Waals surface area contributed by atoms with Gasteiger partial charge in [-0.2, -0.15) is 21.4 Å². The van der Waals surface area contributed by atoms with Gasteiger partial charge in [0, 0.05) is 12.4 Å². The molecule has 0 fully saturated rings. The molecule has 0 aliphatic carbocycles. The molecular weight excluding hydrogens is 214 g/mol. The van der Waals surface area contributed by atoms with Crippen LogP contribution in [0, 0.1) is 0 Å². The maximum atomic E-state index is 11.4. The van der Waals surface area contributed by atoms with Gasteiger partial charge in [0.15, 0.2) is 0 Å². The zero-order chi connectivity index (χ0) is 10.7. The van der Waals surface area contributed by atoms with E-state index in [-0.39, 0.29) is 6.03 Å². The van der Waals surface area contributed by atoms with Gasteiger partial charge in [0.1, 0.15) is 6.33 Å². The lowest BCUT2D eigenvalue weighted by Crippen LogP contribution is -2.21. The smallest absolute Gasteiger partial charge is 0.307 e. The van der Waals surface area contributed by atoms with Crippen molar-refractivity contribution in [3.63, 3.8) is 0 Å². The molecule has 0 saturated heterocycles. The van der Waals surface area contributed by atoms with Gasteiger partial charge in [-0.25, -0.2) is 9.48 Å². The van der Waals surface area contributed by atoms with Crippen molar-refractivity contribution in [2.75, 3.05) is 10.6 Å². The van der Waals surface area contributed by atoms with Gasteiger partial charge in [-0.05, 0) is 11.4 Å². The average molecular weight is 223 g/mol. The van der Waals surface area contributed by atoms with Crippen LogP contribution in [0.3, 0.4) is 0 Å². The Kier molecular flexibility index (Phi) is 2.64. The number of rotatable bonds is 2. The maximum Gasteiger partial charge on any atom is 0.326 e. The summed E-state index contributed by atoms with van der Waals surface area (Å²) in [7, 11) is 1.70. The quantitative estimate of drug-likeness (QED) is 0.810. The van der Waals surface area contributed by atoms with E-state index >= 15 is 0 Å². The van der Waals surface area contributed by atoms with Crippen LogP contribution in [0.15, 0.2) is 23.2 Å². The van der Waals surface area contributed by atoms with Crippen molar-refractivity contribution >= 4 is 29.0 Å². The van der Waals surface area contributed by atoms with Gasteiger partial charge in [0.05, 0.1) is 5.69 Å². The van der Waals surface area contributed by atoms with E-state index in [4.69, 9.17) is 0 Å². The molecule has 2 aromatic heterocycles. The monoisotopic (exact) mass is 223 g/mol. The van der Waals surface area contributed by atoms with Crippen molar-refractivity contribution in [2.45, 2.75) is 0 Å². The van der Waals surface area contributed by atoms with Crippen LogP contribution in [-0.4, -0.2) is 20.8 Å². The number of aryl methyl sites for hydroxylation is 1. The Labute approximate surface area is 89.9 Å². The second-order valence-corrected chi connectivity index (χ2v) is 3.58. The molecule has 78 valence electrons. The Morgan fingerprint density at radius 1 is 1.53 bits per heavy atom. The van der Waals surface area contributed by atoms with Gasteiger partial charge < -0.3 is 5.32 Å². The Morgan fingerprint density at radius 2 is 2.40 bits per heavy atom. The van der Waals surface area contributed by atoms with E-state index in [0.717, 1.165) is 5.69 Å². The molecule has 2 aromatic rings. The molecular formula is C8H9N5OS. The maximum absolute atomic E-state index is 11.4. The van der Waals surface area contributed by atoms with Gasteiger partial charge >= 0.3 is 6.03 Å². The topological polar surface area (TPSA) is 71.8 Å². The van der Waals surface area contributed by atoms with Crippen LogP contribution in [0.25, 0.3) is 0 Å². The molecule has 2 rings (SSSR count). The van der Waals surface area contributed by atoms with Gasteiger partial charge in [-0.15, -0.1) is 0 Å². The summed E-state index contributed by atoms with van der Waals surface area (Å²) >= 11 is 1.52. The molecule has 0 atom stereocenters. The fraction of sp³-hybridized carbons (Fsp3) is 0.125. The predicted octanol–water partition coefficient (Wildman–Crippen LogP) is 1.52. The zero-order valence-electron chi connectivity index (χ0n) is 7.97. The molecule has 0 aromatic carbocycles. The second-order valence-electron chi connectivity index (χ2n) is 2.80. The normalized spacial score (nSPS) is 9.93. The lowest BCUT2D eigenvalue weighted by molar-refractivity contribution is 0.262. The van der Waals surface area contributed by atoms with E-state index in [9.17, 15) is 4.79 Å². The Bertz CT molecular complexity index is 449. The minimum atomic E-state index is -0.329. The summed E-state index contributed by atoms with van der Waals surface area (Å²) < 4.78 is 1.48. The highest BCUT2D eigenvalue weighted by Gasteiger charge is 2.06. The van der Waals surface area contributed by atoms with Crippen LogP contribution in [0.5, 0.6) is 0 Å². The summed E-state index contributed by atoms with van der Waals surface area (Å²) in [5, 5.41) is 12.8. The minimum Gasteiger partial charge on any atom is -0.307 e. The first-order valence-corrected chi connectivity index (χ1v) is 5.14. The Hall–Kier alpha value is -1.89. The van der Waals surface area contributed by atoms with E-state index in [0.29, 0.717) is 5.95 Å². The number of urea groups is 1. The second kappa shape index (κ2) is 4.09. The van der Waals surface area contributed by atoms with Crippen molar-refractivity contribution in [1.82, 2.24) is 14.8 Å². The molecule has 2 N–H and O–H groups in total. The molecule has 15 heavy (non-hydrogen) atoms. The molecule has 2 heterocycles. The summed E-state index contributed by atoms with van der Waals surface area (Å²) in [6, 6.07) is 1.49. The molecule has 0 bridgehead atoms. The van der Waals surface area contributed by atoms with Crippen molar-refractivity contribution in [3.8, 4) is 0 Å². The zero-order valence-corrected chi connectivity index (χ0v) is 8.78. The summed E-state index contributed by atoms with van der Waals surface area (Å²) in [6.07, 6.45) is 1.38. The molecule has 6 nitrogen and oxygen atoms in total. The van der Waals surface area contributed by atoms with E-state index in [2.05, 4.69) is 20.7 Å². The molecule has 0 radical (unpaired) electrons. The molecule has 7 heteroatoms. The lowest BCUT2D eigenvalue weighted by Gasteiger charge is -2.04. The molecule has 2 amide bonds. The fourth-order valence-electron chi connectivity index (χ4n) is 1.01. The molecule has 0 aliphatic rings. The van der Waals surface area contributed by atoms with E-state index in [1.165, 1.54) is 22.3 Å². The standard InChI is InChI=1S/C8H9N5OS/c1-13-7(9-5-10-13)12-8(14)11-6-2-3-15-4-6/h2-5H,1H3,(H2,9,10,11,12,14). The minimum absolute atomic E-state index is 0.329. The van der Waals surface area contributed by atoms with Crippen LogP contribution in [0.1, 0.15) is 0 Å². The number of anilines is 2. The molecule has 0 unspecified atom stereocenters.